The standard InChI is InChI=1S/C14H12N4O3S2/c1-7-10(23-13(16-7)9-3-2-4-22-9)6-15-12(20)8-5-11(19)18-14(21)17-8/h2-5H,6H2,1H3,(H,15,20)(H2,17,18,19,21). The van der Waals surface area contributed by atoms with Gasteiger partial charge in [-0.2, -0.15) is 0 Å². The number of nitrogens with one attached hydrogen (secondary N) is 3. The van der Waals surface area contributed by atoms with Crippen molar-refractivity contribution in [3.8, 4) is 9.88 Å². The Kier molecular flexibility index (Phi) is 4.22. The summed E-state index contributed by atoms with van der Waals surface area (Å²) < 4.78 is 0. The third-order valence-electron chi connectivity index (χ3n) is 3.04. The highest BCUT2D eigenvalue weighted by atomic mass is 32.1. The van der Waals surface area contributed by atoms with E-state index in [0.29, 0.717) is 0 Å². The molecule has 7 nitrogen and oxygen atoms in total. The highest BCUT2D eigenvalue weighted by Crippen LogP contribution is 2.30. The summed E-state index contributed by atoms with van der Waals surface area (Å²) in [6, 6.07) is 5.00. The molecule has 0 aliphatic rings. The first-order valence-corrected chi connectivity index (χ1v) is 8.34. The predicted octanol–water partition coefficient (Wildman–Crippen LogP) is 1.49. The molecule has 1 amide bonds. The van der Waals surface area contributed by atoms with E-state index >= 15 is 0 Å². The fourth-order valence-corrected chi connectivity index (χ4v) is 3.74. The quantitative estimate of drug-likeness (QED) is 0.664. The first-order valence-electron chi connectivity index (χ1n) is 6.65. The van der Waals surface area contributed by atoms with Crippen molar-refractivity contribution in [1.82, 2.24) is 20.3 Å². The van der Waals surface area contributed by atoms with Crippen molar-refractivity contribution in [2.24, 2.45) is 0 Å². The van der Waals surface area contributed by atoms with Crippen molar-refractivity contribution in [1.29, 1.82) is 0 Å². The Morgan fingerprint density at radius 1 is 1.35 bits per heavy atom. The lowest BCUT2D eigenvalue weighted by Crippen LogP contribution is -2.30. The molecule has 0 spiro atoms. The van der Waals surface area contributed by atoms with E-state index in [1.807, 2.05) is 29.4 Å². The van der Waals surface area contributed by atoms with Crippen LogP contribution >= 0.6 is 22.7 Å². The number of amides is 1. The molecule has 3 N–H and O–H groups in total. The number of aryl methyl sites for hydroxylation is 1. The van der Waals surface area contributed by atoms with E-state index in [4.69, 9.17) is 0 Å². The number of nitrogens with zero attached hydrogens (tertiary/aromatic N) is 1. The minimum absolute atomic E-state index is 0.0700. The first kappa shape index (κ1) is 15.4. The average molecular weight is 348 g/mol. The van der Waals surface area contributed by atoms with Gasteiger partial charge in [0.2, 0.25) is 0 Å². The molecule has 3 heterocycles. The Labute approximate surface area is 138 Å². The van der Waals surface area contributed by atoms with Gasteiger partial charge in [0.25, 0.3) is 11.5 Å². The zero-order chi connectivity index (χ0) is 16.4. The molecular weight excluding hydrogens is 336 g/mol. The molecule has 0 fully saturated rings. The van der Waals surface area contributed by atoms with Crippen molar-refractivity contribution in [3.05, 3.63) is 60.7 Å². The largest absolute Gasteiger partial charge is 0.346 e. The Morgan fingerprint density at radius 2 is 2.17 bits per heavy atom. The number of aromatic amines is 2. The summed E-state index contributed by atoms with van der Waals surface area (Å²) in [4.78, 5) is 45.2. The second-order valence-electron chi connectivity index (χ2n) is 4.69. The van der Waals surface area contributed by atoms with Crippen molar-refractivity contribution in [2.75, 3.05) is 0 Å². The van der Waals surface area contributed by atoms with Crippen LogP contribution in [0.25, 0.3) is 9.88 Å². The molecule has 0 aliphatic carbocycles. The van der Waals surface area contributed by atoms with Gasteiger partial charge in [0, 0.05) is 10.9 Å². The lowest BCUT2D eigenvalue weighted by atomic mass is 10.3. The summed E-state index contributed by atoms with van der Waals surface area (Å²) in [5.74, 6) is -0.515. The Bertz CT molecular complexity index is 925. The summed E-state index contributed by atoms with van der Waals surface area (Å²) in [5, 5.41) is 5.57. The normalized spacial score (nSPS) is 10.7. The molecule has 0 atom stereocenters. The van der Waals surface area contributed by atoms with Gasteiger partial charge in [-0.1, -0.05) is 6.07 Å². The van der Waals surface area contributed by atoms with Crippen LogP contribution in [0.15, 0.2) is 33.2 Å². The molecule has 3 rings (SSSR count). The average Bonchev–Trinajstić information content (AvgIpc) is 3.13. The monoisotopic (exact) mass is 348 g/mol. The number of rotatable bonds is 4. The number of thiazole rings is 1. The van der Waals surface area contributed by atoms with Crippen molar-refractivity contribution in [3.63, 3.8) is 0 Å². The SMILES string of the molecule is Cc1nc(-c2cccs2)sc1CNC(=O)c1cc(=O)[nH]c(=O)[nH]1. The minimum atomic E-state index is -0.711. The topological polar surface area (TPSA) is 108 Å². The number of hydrogen-bond acceptors (Lipinski definition) is 6. The molecule has 0 aliphatic heterocycles. The fraction of sp³-hybridized carbons (Fsp3) is 0.143. The maximum atomic E-state index is 12.0. The summed E-state index contributed by atoms with van der Waals surface area (Å²) >= 11 is 3.11. The van der Waals surface area contributed by atoms with E-state index in [-0.39, 0.29) is 12.2 Å². The van der Waals surface area contributed by atoms with Gasteiger partial charge in [0.05, 0.1) is 17.1 Å². The van der Waals surface area contributed by atoms with Gasteiger partial charge in [0.15, 0.2) is 0 Å². The van der Waals surface area contributed by atoms with Gasteiger partial charge >= 0.3 is 5.69 Å². The van der Waals surface area contributed by atoms with Crippen LogP contribution < -0.4 is 16.6 Å². The third kappa shape index (κ3) is 3.46. The number of carbonyl (C=O) groups is 1. The van der Waals surface area contributed by atoms with E-state index in [1.165, 1.54) is 11.3 Å². The molecule has 3 aromatic heterocycles. The van der Waals surface area contributed by atoms with Crippen LogP contribution in [0, 0.1) is 6.92 Å². The number of carbonyl (C=O) groups excluding carboxylic acids is 1. The summed E-state index contributed by atoms with van der Waals surface area (Å²) in [5.41, 5.74) is -0.554. The van der Waals surface area contributed by atoms with Crippen LogP contribution in [0.3, 0.4) is 0 Å². The molecule has 0 unspecified atom stereocenters. The maximum absolute atomic E-state index is 12.0. The van der Waals surface area contributed by atoms with Crippen LogP contribution in [-0.2, 0) is 6.54 Å². The molecule has 0 aromatic carbocycles. The van der Waals surface area contributed by atoms with Crippen molar-refractivity contribution < 1.29 is 4.79 Å². The van der Waals surface area contributed by atoms with Gasteiger partial charge < -0.3 is 10.3 Å². The van der Waals surface area contributed by atoms with Crippen LogP contribution in [0.4, 0.5) is 0 Å². The van der Waals surface area contributed by atoms with Crippen LogP contribution in [0.5, 0.6) is 0 Å². The lowest BCUT2D eigenvalue weighted by molar-refractivity contribution is 0.0945. The molecule has 9 heteroatoms. The van der Waals surface area contributed by atoms with Crippen LogP contribution in [0.2, 0.25) is 0 Å². The van der Waals surface area contributed by atoms with Crippen molar-refractivity contribution in [2.45, 2.75) is 13.5 Å². The Balaban J connectivity index is 1.74. The first-order chi connectivity index (χ1) is 11.0. The molecule has 0 bridgehead atoms. The number of hydrogen-bond donors (Lipinski definition) is 3. The van der Waals surface area contributed by atoms with Gasteiger partial charge in [0.1, 0.15) is 10.7 Å². The van der Waals surface area contributed by atoms with E-state index in [9.17, 15) is 14.4 Å². The van der Waals surface area contributed by atoms with E-state index < -0.39 is 17.2 Å². The molecular formula is C14H12N4O3S2. The highest BCUT2D eigenvalue weighted by molar-refractivity contribution is 7.21. The predicted molar refractivity (Wildman–Crippen MR) is 89.0 cm³/mol. The van der Waals surface area contributed by atoms with Gasteiger partial charge in [-0.3, -0.25) is 14.6 Å². The maximum Gasteiger partial charge on any atom is 0.326 e. The van der Waals surface area contributed by atoms with Crippen molar-refractivity contribution >= 4 is 28.6 Å². The Hall–Kier alpha value is -2.52. The molecule has 0 saturated carbocycles. The van der Waals surface area contributed by atoms with Gasteiger partial charge in [-0.05, 0) is 18.4 Å². The number of H-pyrrole nitrogens is 2. The third-order valence-corrected chi connectivity index (χ3v) is 5.24. The molecule has 0 radical (unpaired) electrons. The van der Waals surface area contributed by atoms with Crippen LogP contribution in [0.1, 0.15) is 21.1 Å². The lowest BCUT2D eigenvalue weighted by Gasteiger charge is -2.03. The summed E-state index contributed by atoms with van der Waals surface area (Å²) in [7, 11) is 0. The number of aromatic nitrogens is 3. The van der Waals surface area contributed by atoms with Crippen LogP contribution in [-0.4, -0.2) is 20.9 Å². The van der Waals surface area contributed by atoms with Gasteiger partial charge in [-0.25, -0.2) is 9.78 Å². The fourth-order valence-electron chi connectivity index (χ4n) is 1.94. The highest BCUT2D eigenvalue weighted by Gasteiger charge is 2.13. The zero-order valence-corrected chi connectivity index (χ0v) is 13.6. The van der Waals surface area contributed by atoms with E-state index in [1.54, 1.807) is 11.3 Å². The smallest absolute Gasteiger partial charge is 0.326 e. The zero-order valence-electron chi connectivity index (χ0n) is 12.0. The number of thiophene rings is 1. The minimum Gasteiger partial charge on any atom is -0.346 e. The van der Waals surface area contributed by atoms with E-state index in [0.717, 1.165) is 26.5 Å². The summed E-state index contributed by atoms with van der Waals surface area (Å²) in [6.07, 6.45) is 0. The second-order valence-corrected chi connectivity index (χ2v) is 6.72. The summed E-state index contributed by atoms with van der Waals surface area (Å²) in [6.45, 7) is 2.16. The van der Waals surface area contributed by atoms with Gasteiger partial charge in [-0.15, -0.1) is 22.7 Å². The Morgan fingerprint density at radius 3 is 2.87 bits per heavy atom. The second kappa shape index (κ2) is 6.31. The molecule has 118 valence electrons. The molecule has 0 saturated heterocycles. The molecule has 3 aromatic rings. The molecule has 23 heavy (non-hydrogen) atoms. The van der Waals surface area contributed by atoms with E-state index in [2.05, 4.69) is 15.3 Å².